The molecule has 4 heteroatoms. The monoisotopic (exact) mass is 351 g/mol. The highest BCUT2D eigenvalue weighted by atomic mass is 79.9. The first-order chi connectivity index (χ1) is 10.2. The highest BCUT2D eigenvalue weighted by Gasteiger charge is 2.14. The Morgan fingerprint density at radius 2 is 1.95 bits per heavy atom. The summed E-state index contributed by atoms with van der Waals surface area (Å²) in [7, 11) is 1.89. The maximum atomic E-state index is 13.4. The second-order valence-electron chi connectivity index (χ2n) is 4.82. The first kappa shape index (κ1) is 16.0. The van der Waals surface area contributed by atoms with Crippen molar-refractivity contribution in [2.75, 3.05) is 13.7 Å². The Morgan fingerprint density at radius 3 is 2.62 bits per heavy atom. The standard InChI is InChI=1S/C17H19BrFNO/c1-3-9-21-14-6-4-5-12(10-14)17(20-2)13-7-8-16(19)15(18)11-13/h4-8,10-11,17,20H,3,9H2,1-2H3. The van der Waals surface area contributed by atoms with E-state index in [0.29, 0.717) is 11.1 Å². The van der Waals surface area contributed by atoms with Crippen LogP contribution in [0.15, 0.2) is 46.9 Å². The average molecular weight is 352 g/mol. The van der Waals surface area contributed by atoms with Crippen LogP contribution in [0, 0.1) is 5.82 Å². The van der Waals surface area contributed by atoms with Crippen LogP contribution < -0.4 is 10.1 Å². The minimum Gasteiger partial charge on any atom is -0.494 e. The summed E-state index contributed by atoms with van der Waals surface area (Å²) < 4.78 is 19.5. The molecule has 0 aliphatic heterocycles. The molecule has 2 aromatic rings. The molecule has 112 valence electrons. The minimum atomic E-state index is -0.256. The van der Waals surface area contributed by atoms with Gasteiger partial charge in [-0.1, -0.05) is 25.1 Å². The van der Waals surface area contributed by atoms with Gasteiger partial charge in [-0.15, -0.1) is 0 Å². The summed E-state index contributed by atoms with van der Waals surface area (Å²) in [5.74, 6) is 0.601. The topological polar surface area (TPSA) is 21.3 Å². The van der Waals surface area contributed by atoms with Crippen LogP contribution >= 0.6 is 15.9 Å². The van der Waals surface area contributed by atoms with Gasteiger partial charge in [-0.3, -0.25) is 0 Å². The number of benzene rings is 2. The summed E-state index contributed by atoms with van der Waals surface area (Å²) in [5, 5.41) is 3.27. The van der Waals surface area contributed by atoms with E-state index in [9.17, 15) is 4.39 Å². The van der Waals surface area contributed by atoms with Gasteiger partial charge in [-0.25, -0.2) is 4.39 Å². The van der Waals surface area contributed by atoms with Crippen molar-refractivity contribution in [1.82, 2.24) is 5.32 Å². The predicted molar refractivity (Wildman–Crippen MR) is 87.2 cm³/mol. The van der Waals surface area contributed by atoms with Gasteiger partial charge < -0.3 is 10.1 Å². The molecule has 0 saturated carbocycles. The normalized spacial score (nSPS) is 12.2. The lowest BCUT2D eigenvalue weighted by Crippen LogP contribution is -2.17. The van der Waals surface area contributed by atoms with Gasteiger partial charge in [0.2, 0.25) is 0 Å². The maximum absolute atomic E-state index is 13.4. The summed E-state index contributed by atoms with van der Waals surface area (Å²) >= 11 is 3.24. The SMILES string of the molecule is CCCOc1cccc(C(NC)c2ccc(F)c(Br)c2)c1. The van der Waals surface area contributed by atoms with Gasteiger partial charge in [-0.2, -0.15) is 0 Å². The van der Waals surface area contributed by atoms with Crippen LogP contribution in [-0.4, -0.2) is 13.7 Å². The third kappa shape index (κ3) is 4.05. The fraction of sp³-hybridized carbons (Fsp3) is 0.294. The number of rotatable bonds is 6. The van der Waals surface area contributed by atoms with E-state index in [-0.39, 0.29) is 11.9 Å². The Kier molecular flexibility index (Phi) is 5.76. The number of hydrogen-bond donors (Lipinski definition) is 1. The van der Waals surface area contributed by atoms with E-state index in [1.165, 1.54) is 6.07 Å². The van der Waals surface area contributed by atoms with Crippen molar-refractivity contribution in [3.8, 4) is 5.75 Å². The summed E-state index contributed by atoms with van der Waals surface area (Å²) in [6, 6.07) is 13.0. The van der Waals surface area contributed by atoms with Crippen molar-refractivity contribution in [3.63, 3.8) is 0 Å². The molecule has 1 N–H and O–H groups in total. The Bertz CT molecular complexity index is 603. The first-order valence-corrected chi connectivity index (χ1v) is 7.80. The van der Waals surface area contributed by atoms with Crippen LogP contribution in [0.2, 0.25) is 0 Å². The molecule has 1 atom stereocenters. The summed E-state index contributed by atoms with van der Waals surface area (Å²) in [5.41, 5.74) is 2.09. The van der Waals surface area contributed by atoms with Gasteiger partial charge >= 0.3 is 0 Å². The van der Waals surface area contributed by atoms with Crippen LogP contribution in [0.4, 0.5) is 4.39 Å². The first-order valence-electron chi connectivity index (χ1n) is 7.00. The average Bonchev–Trinajstić information content (AvgIpc) is 2.50. The summed E-state index contributed by atoms with van der Waals surface area (Å²) in [4.78, 5) is 0. The molecule has 0 aliphatic rings. The molecule has 0 saturated heterocycles. The number of hydrogen-bond acceptors (Lipinski definition) is 2. The van der Waals surface area contributed by atoms with E-state index in [0.717, 1.165) is 23.3 Å². The molecule has 0 fully saturated rings. The highest BCUT2D eigenvalue weighted by Crippen LogP contribution is 2.28. The third-order valence-corrected chi connectivity index (χ3v) is 3.84. The van der Waals surface area contributed by atoms with Crippen LogP contribution in [0.3, 0.4) is 0 Å². The van der Waals surface area contributed by atoms with E-state index < -0.39 is 0 Å². The molecule has 0 amide bonds. The Morgan fingerprint density at radius 1 is 1.19 bits per heavy atom. The maximum Gasteiger partial charge on any atom is 0.137 e. The van der Waals surface area contributed by atoms with Crippen molar-refractivity contribution < 1.29 is 9.13 Å². The van der Waals surface area contributed by atoms with Crippen molar-refractivity contribution in [2.45, 2.75) is 19.4 Å². The van der Waals surface area contributed by atoms with E-state index in [1.54, 1.807) is 12.1 Å². The molecular formula is C17H19BrFNO. The van der Waals surface area contributed by atoms with Crippen LogP contribution in [0.1, 0.15) is 30.5 Å². The van der Waals surface area contributed by atoms with E-state index >= 15 is 0 Å². The highest BCUT2D eigenvalue weighted by molar-refractivity contribution is 9.10. The smallest absolute Gasteiger partial charge is 0.137 e. The molecule has 0 bridgehead atoms. The van der Waals surface area contributed by atoms with E-state index in [2.05, 4.69) is 28.2 Å². The lowest BCUT2D eigenvalue weighted by atomic mass is 9.98. The molecule has 0 aliphatic carbocycles. The largest absolute Gasteiger partial charge is 0.494 e. The minimum absolute atomic E-state index is 0.00734. The summed E-state index contributed by atoms with van der Waals surface area (Å²) in [6.07, 6.45) is 0.977. The Labute approximate surface area is 133 Å². The molecule has 21 heavy (non-hydrogen) atoms. The lowest BCUT2D eigenvalue weighted by molar-refractivity contribution is 0.317. The third-order valence-electron chi connectivity index (χ3n) is 3.23. The van der Waals surface area contributed by atoms with Gasteiger partial charge in [0.1, 0.15) is 11.6 Å². The molecule has 2 nitrogen and oxygen atoms in total. The zero-order valence-corrected chi connectivity index (χ0v) is 13.8. The van der Waals surface area contributed by atoms with Gasteiger partial charge in [0, 0.05) is 0 Å². The molecular weight excluding hydrogens is 333 g/mol. The van der Waals surface area contributed by atoms with Crippen molar-refractivity contribution >= 4 is 15.9 Å². The van der Waals surface area contributed by atoms with Gasteiger partial charge in [0.15, 0.2) is 0 Å². The Balaban J connectivity index is 2.30. The summed E-state index contributed by atoms with van der Waals surface area (Å²) in [6.45, 7) is 2.78. The van der Waals surface area contributed by atoms with E-state index in [1.807, 2.05) is 31.3 Å². The number of halogens is 2. The quantitative estimate of drug-likeness (QED) is 0.815. The zero-order chi connectivity index (χ0) is 15.2. The van der Waals surface area contributed by atoms with Crippen molar-refractivity contribution in [1.29, 1.82) is 0 Å². The fourth-order valence-electron chi connectivity index (χ4n) is 2.22. The molecule has 0 radical (unpaired) electrons. The van der Waals surface area contributed by atoms with E-state index in [4.69, 9.17) is 4.74 Å². The van der Waals surface area contributed by atoms with Gasteiger partial charge in [0.05, 0.1) is 17.1 Å². The van der Waals surface area contributed by atoms with Crippen LogP contribution in [0.5, 0.6) is 5.75 Å². The van der Waals surface area contributed by atoms with Gasteiger partial charge in [0.25, 0.3) is 0 Å². The number of nitrogens with one attached hydrogen (secondary N) is 1. The van der Waals surface area contributed by atoms with Crippen LogP contribution in [0.25, 0.3) is 0 Å². The molecule has 2 rings (SSSR count). The molecule has 0 heterocycles. The Hall–Kier alpha value is -1.39. The molecule has 2 aromatic carbocycles. The van der Waals surface area contributed by atoms with Crippen LogP contribution in [-0.2, 0) is 0 Å². The van der Waals surface area contributed by atoms with Gasteiger partial charge in [-0.05, 0) is 64.8 Å². The zero-order valence-electron chi connectivity index (χ0n) is 12.2. The second-order valence-corrected chi connectivity index (χ2v) is 5.67. The fourth-order valence-corrected chi connectivity index (χ4v) is 2.62. The predicted octanol–water partition coefficient (Wildman–Crippen LogP) is 4.69. The second kappa shape index (κ2) is 7.57. The number of ether oxygens (including phenoxy) is 1. The molecule has 0 spiro atoms. The molecule has 1 unspecified atom stereocenters. The lowest BCUT2D eigenvalue weighted by Gasteiger charge is -2.18. The van der Waals surface area contributed by atoms with Crippen molar-refractivity contribution in [2.24, 2.45) is 0 Å². The van der Waals surface area contributed by atoms with Crippen molar-refractivity contribution in [3.05, 3.63) is 63.9 Å². The molecule has 0 aromatic heterocycles.